The topological polar surface area (TPSA) is 35.5 Å². The lowest BCUT2D eigenvalue weighted by molar-refractivity contribution is 0.0973. The molecule has 0 unspecified atom stereocenters. The summed E-state index contributed by atoms with van der Waals surface area (Å²) < 4.78 is 10.4. The van der Waals surface area contributed by atoms with Crippen LogP contribution in [0.2, 0.25) is 5.02 Å². The average molecular weight is 445 g/mol. The quantitative estimate of drug-likeness (QED) is 0.165. The molecule has 0 aliphatic carbocycles. The maximum absolute atomic E-state index is 11.8. The van der Waals surface area contributed by atoms with Gasteiger partial charge in [0.1, 0.15) is 0 Å². The van der Waals surface area contributed by atoms with Crippen molar-refractivity contribution in [3.05, 3.63) is 53.1 Å². The highest BCUT2D eigenvalue weighted by Gasteiger charge is 2.11. The van der Waals surface area contributed by atoms with Crippen molar-refractivity contribution in [3.63, 3.8) is 0 Å². The van der Waals surface area contributed by atoms with Gasteiger partial charge in [-0.3, -0.25) is 0 Å². The third-order valence-corrected chi connectivity index (χ3v) is 5.74. The van der Waals surface area contributed by atoms with E-state index >= 15 is 0 Å². The summed E-state index contributed by atoms with van der Waals surface area (Å²) in [4.78, 5) is 11.8. The van der Waals surface area contributed by atoms with Gasteiger partial charge in [0.15, 0.2) is 5.75 Å². The lowest BCUT2D eigenvalue weighted by Gasteiger charge is -2.09. The van der Waals surface area contributed by atoms with E-state index in [4.69, 9.17) is 21.1 Å². The molecular formula is C27H37ClO3. The number of benzene rings is 2. The zero-order chi connectivity index (χ0) is 22.3. The fraction of sp³-hybridized carbons (Fsp3) is 0.519. The van der Waals surface area contributed by atoms with Crippen molar-refractivity contribution in [1.29, 1.82) is 0 Å². The first-order chi connectivity index (χ1) is 15.1. The van der Waals surface area contributed by atoms with Crippen LogP contribution in [0.3, 0.4) is 0 Å². The monoisotopic (exact) mass is 444 g/mol. The second kappa shape index (κ2) is 14.9. The van der Waals surface area contributed by atoms with Crippen molar-refractivity contribution in [3.8, 4) is 16.9 Å². The number of ether oxygens (including phenoxy) is 2. The summed E-state index contributed by atoms with van der Waals surface area (Å²) >= 11 is 6.35. The molecule has 4 heteroatoms. The molecule has 2 aromatic carbocycles. The minimum Gasteiger partial charge on any atom is -0.434 e. The Kier molecular flexibility index (Phi) is 12.2. The summed E-state index contributed by atoms with van der Waals surface area (Å²) in [5.41, 5.74) is 3.46. The third kappa shape index (κ3) is 9.78. The van der Waals surface area contributed by atoms with Crippen LogP contribution >= 0.6 is 11.6 Å². The molecule has 0 heterocycles. The Morgan fingerprint density at radius 1 is 0.774 bits per heavy atom. The largest absolute Gasteiger partial charge is 0.513 e. The Morgan fingerprint density at radius 3 is 2.06 bits per heavy atom. The van der Waals surface area contributed by atoms with E-state index in [0.29, 0.717) is 17.4 Å². The number of hydrogen-bond donors (Lipinski definition) is 0. The Balaban J connectivity index is 1.81. The van der Waals surface area contributed by atoms with Gasteiger partial charge in [-0.1, -0.05) is 107 Å². The molecule has 2 aromatic rings. The van der Waals surface area contributed by atoms with Gasteiger partial charge in [0.2, 0.25) is 0 Å². The van der Waals surface area contributed by atoms with Crippen LogP contribution in [0.5, 0.6) is 5.75 Å². The number of unbranched alkanes of at least 4 members (excludes halogenated alkanes) is 8. The summed E-state index contributed by atoms with van der Waals surface area (Å²) in [6.07, 6.45) is 12.5. The molecule has 2 rings (SSSR count). The SMILES string of the molecule is CCCCCCCCc1ccc(-c2ccc(OC(=O)OCCCCCC)c(Cl)c2)cc1. The van der Waals surface area contributed by atoms with Gasteiger partial charge in [-0.25, -0.2) is 4.79 Å². The summed E-state index contributed by atoms with van der Waals surface area (Å²) in [5, 5.41) is 0.400. The van der Waals surface area contributed by atoms with E-state index in [1.165, 1.54) is 44.1 Å². The Labute approximate surface area is 193 Å². The number of halogens is 1. The van der Waals surface area contributed by atoms with Crippen LogP contribution in [0.4, 0.5) is 4.79 Å². The standard InChI is InChI=1S/C27H37ClO3/c1-3-5-7-9-10-11-13-22-14-16-23(17-15-22)24-18-19-26(25(28)21-24)31-27(29)30-20-12-8-6-4-2/h14-19,21H,3-13,20H2,1-2H3. The molecule has 0 aliphatic heterocycles. The van der Waals surface area contributed by atoms with Crippen LogP contribution in [0.25, 0.3) is 11.1 Å². The molecule has 0 aromatic heterocycles. The second-order valence-corrected chi connectivity index (χ2v) is 8.53. The van der Waals surface area contributed by atoms with Crippen LogP contribution in [0, 0.1) is 0 Å². The maximum atomic E-state index is 11.8. The Hall–Kier alpha value is -2.00. The highest BCUT2D eigenvalue weighted by Crippen LogP contribution is 2.31. The van der Waals surface area contributed by atoms with Crippen molar-refractivity contribution in [2.24, 2.45) is 0 Å². The molecule has 0 amide bonds. The third-order valence-electron chi connectivity index (χ3n) is 5.45. The molecule has 31 heavy (non-hydrogen) atoms. The normalized spacial score (nSPS) is 10.8. The molecule has 170 valence electrons. The first-order valence-electron chi connectivity index (χ1n) is 11.9. The molecule has 0 atom stereocenters. The summed E-state index contributed by atoms with van der Waals surface area (Å²) in [5.74, 6) is 0.323. The lowest BCUT2D eigenvalue weighted by Crippen LogP contribution is -2.11. The van der Waals surface area contributed by atoms with Gasteiger partial charge in [-0.05, 0) is 48.1 Å². The first kappa shape index (κ1) is 25.3. The van der Waals surface area contributed by atoms with Crippen LogP contribution in [0.15, 0.2) is 42.5 Å². The molecule has 3 nitrogen and oxygen atoms in total. The molecule has 0 radical (unpaired) electrons. The predicted octanol–water partition coefficient (Wildman–Crippen LogP) is 9.01. The zero-order valence-corrected chi connectivity index (χ0v) is 19.9. The van der Waals surface area contributed by atoms with Crippen molar-refractivity contribution in [2.45, 2.75) is 84.5 Å². The minimum atomic E-state index is -0.704. The highest BCUT2D eigenvalue weighted by atomic mass is 35.5. The van der Waals surface area contributed by atoms with Gasteiger partial charge in [-0.2, -0.15) is 0 Å². The van der Waals surface area contributed by atoms with E-state index in [-0.39, 0.29) is 0 Å². The van der Waals surface area contributed by atoms with Gasteiger partial charge in [0.05, 0.1) is 11.6 Å². The maximum Gasteiger partial charge on any atom is 0.513 e. The molecule has 0 fully saturated rings. The van der Waals surface area contributed by atoms with Crippen molar-refractivity contribution >= 4 is 17.8 Å². The van der Waals surface area contributed by atoms with Crippen molar-refractivity contribution < 1.29 is 14.3 Å². The molecule has 0 saturated heterocycles. The number of hydrogen-bond acceptors (Lipinski definition) is 3. The summed E-state index contributed by atoms with van der Waals surface area (Å²) in [6, 6.07) is 14.1. The van der Waals surface area contributed by atoms with Crippen LogP contribution in [-0.2, 0) is 11.2 Å². The number of carbonyl (C=O) groups excluding carboxylic acids is 1. The van der Waals surface area contributed by atoms with E-state index in [1.54, 1.807) is 6.07 Å². The number of aryl methyl sites for hydroxylation is 1. The van der Waals surface area contributed by atoms with E-state index in [1.807, 2.05) is 12.1 Å². The fourth-order valence-electron chi connectivity index (χ4n) is 3.54. The van der Waals surface area contributed by atoms with E-state index in [9.17, 15) is 4.79 Å². The number of carbonyl (C=O) groups is 1. The van der Waals surface area contributed by atoms with Crippen LogP contribution in [0.1, 0.15) is 83.6 Å². The van der Waals surface area contributed by atoms with E-state index in [0.717, 1.165) is 43.2 Å². The smallest absolute Gasteiger partial charge is 0.434 e. The predicted molar refractivity (Wildman–Crippen MR) is 130 cm³/mol. The zero-order valence-electron chi connectivity index (χ0n) is 19.1. The minimum absolute atomic E-state index is 0.323. The Bertz CT molecular complexity index is 771. The number of rotatable bonds is 14. The molecule has 0 spiro atoms. The average Bonchev–Trinajstić information content (AvgIpc) is 2.78. The van der Waals surface area contributed by atoms with Crippen molar-refractivity contribution in [1.82, 2.24) is 0 Å². The van der Waals surface area contributed by atoms with Gasteiger partial charge >= 0.3 is 6.16 Å². The van der Waals surface area contributed by atoms with Gasteiger partial charge in [0.25, 0.3) is 0 Å². The van der Waals surface area contributed by atoms with Gasteiger partial charge in [-0.15, -0.1) is 0 Å². The van der Waals surface area contributed by atoms with E-state index in [2.05, 4.69) is 38.1 Å². The molecule has 0 N–H and O–H groups in total. The molecule has 0 saturated carbocycles. The Morgan fingerprint density at radius 2 is 1.39 bits per heavy atom. The molecule has 0 aliphatic rings. The van der Waals surface area contributed by atoms with Gasteiger partial charge in [0, 0.05) is 0 Å². The fourth-order valence-corrected chi connectivity index (χ4v) is 3.76. The van der Waals surface area contributed by atoms with E-state index < -0.39 is 6.16 Å². The highest BCUT2D eigenvalue weighted by molar-refractivity contribution is 6.32. The van der Waals surface area contributed by atoms with Crippen molar-refractivity contribution in [2.75, 3.05) is 6.61 Å². The van der Waals surface area contributed by atoms with Gasteiger partial charge < -0.3 is 9.47 Å². The molecular weight excluding hydrogens is 408 g/mol. The summed E-state index contributed by atoms with van der Waals surface area (Å²) in [6.45, 7) is 4.77. The van der Waals surface area contributed by atoms with Crippen LogP contribution in [-0.4, -0.2) is 12.8 Å². The lowest BCUT2D eigenvalue weighted by atomic mass is 10.0. The summed E-state index contributed by atoms with van der Waals surface area (Å²) in [7, 11) is 0. The van der Waals surface area contributed by atoms with Crippen LogP contribution < -0.4 is 4.74 Å². The first-order valence-corrected chi connectivity index (χ1v) is 12.2. The second-order valence-electron chi connectivity index (χ2n) is 8.12. The molecule has 0 bridgehead atoms.